The zero-order chi connectivity index (χ0) is 32.1. The van der Waals surface area contributed by atoms with Crippen molar-refractivity contribution in [2.45, 2.75) is 62.3 Å². The summed E-state index contributed by atoms with van der Waals surface area (Å²) >= 11 is 0. The van der Waals surface area contributed by atoms with Crippen molar-refractivity contribution in [2.75, 3.05) is 47.5 Å². The number of methoxy groups -OCH3 is 3. The van der Waals surface area contributed by atoms with Gasteiger partial charge in [-0.1, -0.05) is 18.2 Å². The summed E-state index contributed by atoms with van der Waals surface area (Å²) < 4.78 is 45.4. The predicted molar refractivity (Wildman–Crippen MR) is 167 cm³/mol. The average Bonchev–Trinajstić information content (AvgIpc) is 3.05. The second-order valence-corrected chi connectivity index (χ2v) is 14.0. The van der Waals surface area contributed by atoms with Crippen LogP contribution in [0.5, 0.6) is 11.5 Å². The molecule has 0 radical (unpaired) electrons. The lowest BCUT2D eigenvalue weighted by Crippen LogP contribution is -2.60. The molecule has 11 nitrogen and oxygen atoms in total. The minimum Gasteiger partial charge on any atom is -0.493 e. The van der Waals surface area contributed by atoms with E-state index in [0.29, 0.717) is 63.1 Å². The van der Waals surface area contributed by atoms with E-state index in [1.807, 2.05) is 11.0 Å². The van der Waals surface area contributed by atoms with Crippen LogP contribution in [0.2, 0.25) is 0 Å². The topological polar surface area (TPSA) is 132 Å². The highest BCUT2D eigenvalue weighted by Gasteiger charge is 2.45. The van der Waals surface area contributed by atoms with Gasteiger partial charge in [0.25, 0.3) is 0 Å². The molecule has 3 aliphatic rings. The first-order valence-corrected chi connectivity index (χ1v) is 17.1. The summed E-state index contributed by atoms with van der Waals surface area (Å²) in [5.74, 6) is 0.400. The van der Waals surface area contributed by atoms with Gasteiger partial charge in [-0.2, -0.15) is 4.31 Å². The molecule has 0 spiro atoms. The number of carbonyl (C=O) groups excluding carboxylic acids is 3. The summed E-state index contributed by atoms with van der Waals surface area (Å²) in [6.07, 6.45) is 4.58. The van der Waals surface area contributed by atoms with E-state index in [-0.39, 0.29) is 53.2 Å². The Labute approximate surface area is 265 Å². The lowest BCUT2D eigenvalue weighted by Gasteiger charge is -2.50. The van der Waals surface area contributed by atoms with E-state index in [2.05, 4.69) is 11.4 Å². The Hall–Kier alpha value is -3.64. The van der Waals surface area contributed by atoms with Crippen LogP contribution >= 0.6 is 0 Å². The second-order valence-electron chi connectivity index (χ2n) is 12.1. The van der Waals surface area contributed by atoms with E-state index in [1.54, 1.807) is 26.4 Å². The number of carbonyl (C=O) groups is 3. The monoisotopic (exact) mass is 641 g/mol. The maximum Gasteiger partial charge on any atom is 0.339 e. The third-order valence-corrected chi connectivity index (χ3v) is 11.1. The molecule has 0 aliphatic carbocycles. The zero-order valence-corrected chi connectivity index (χ0v) is 27.1. The van der Waals surface area contributed by atoms with Gasteiger partial charge in [-0.25, -0.2) is 13.2 Å². The molecule has 4 bridgehead atoms. The number of hydrogen-bond acceptors (Lipinski definition) is 8. The van der Waals surface area contributed by atoms with E-state index < -0.39 is 16.0 Å². The van der Waals surface area contributed by atoms with E-state index in [1.165, 1.54) is 23.5 Å². The Morgan fingerprint density at radius 3 is 2.49 bits per heavy atom. The van der Waals surface area contributed by atoms with Gasteiger partial charge in [0.05, 0.1) is 31.8 Å². The van der Waals surface area contributed by atoms with Gasteiger partial charge in [0.1, 0.15) is 0 Å². The highest BCUT2D eigenvalue weighted by molar-refractivity contribution is 7.89. The molecular formula is C33H43N3O8S. The molecule has 2 fully saturated rings. The van der Waals surface area contributed by atoms with Crippen molar-refractivity contribution in [2.24, 2.45) is 11.8 Å². The van der Waals surface area contributed by atoms with Crippen LogP contribution in [-0.2, 0) is 37.2 Å². The van der Waals surface area contributed by atoms with Gasteiger partial charge in [0.2, 0.25) is 21.8 Å². The number of benzene rings is 2. The van der Waals surface area contributed by atoms with Crippen LogP contribution in [0, 0.1) is 11.8 Å². The summed E-state index contributed by atoms with van der Waals surface area (Å²) in [6, 6.07) is 9.86. The van der Waals surface area contributed by atoms with Crippen LogP contribution in [0.15, 0.2) is 41.3 Å². The maximum atomic E-state index is 13.9. The van der Waals surface area contributed by atoms with Crippen molar-refractivity contribution >= 4 is 27.8 Å². The van der Waals surface area contributed by atoms with Crippen LogP contribution in [0.1, 0.15) is 60.0 Å². The first kappa shape index (κ1) is 32.7. The molecule has 0 unspecified atom stereocenters. The molecule has 0 saturated carbocycles. The number of esters is 1. The highest BCUT2D eigenvalue weighted by Crippen LogP contribution is 2.39. The number of fused-ring (bicyclic) bond motifs is 6. The van der Waals surface area contributed by atoms with Gasteiger partial charge >= 0.3 is 5.97 Å². The molecule has 3 atom stereocenters. The number of sulfonamides is 1. The Kier molecular flexibility index (Phi) is 10.3. The van der Waals surface area contributed by atoms with Crippen LogP contribution in [0.3, 0.4) is 0 Å². The summed E-state index contributed by atoms with van der Waals surface area (Å²) in [7, 11) is 0.422. The number of hydrogen-bond donors (Lipinski definition) is 1. The number of aryl methyl sites for hydroxylation is 2. The first-order chi connectivity index (χ1) is 21.7. The Balaban J connectivity index is 1.41. The molecule has 2 saturated heterocycles. The molecule has 12 heteroatoms. The molecule has 2 aromatic rings. The molecule has 2 amide bonds. The standard InChI is InChI=1S/C33H43N3O8S/c1-42-28-18-22-13-14-31(38)36-20-23-17-25(21-35(19-23)45(40,41)29-11-5-4-9-26(29)33(39)44-3)27(36)10-6-12-30(37)34-15-7-8-24(16-22)32(28)43-2/h4-5,9,11,16,18,23,25,27H,6-8,10,12-15,17,19-21H2,1-3H3,(H,34,37)/t23-,25-,27-/m0/s1. The number of rotatable bonds is 5. The normalized spacial score (nSPS) is 23.4. The molecule has 45 heavy (non-hydrogen) atoms. The maximum absolute atomic E-state index is 13.9. The molecule has 0 aromatic heterocycles. The SMILES string of the molecule is COC(=O)c1ccccc1S(=O)(=O)N1C[C@@H]2C[C@@H](C1)[C@@H]1CCCC(=O)NCCCc3cc(cc(OC)c3OC)CCC(=O)N1C2. The van der Waals surface area contributed by atoms with Crippen molar-refractivity contribution in [3.05, 3.63) is 53.1 Å². The third kappa shape index (κ3) is 7.12. The van der Waals surface area contributed by atoms with E-state index in [4.69, 9.17) is 14.2 Å². The number of nitrogens with zero attached hydrogens (tertiary/aromatic N) is 2. The van der Waals surface area contributed by atoms with Gasteiger partial charge in [-0.3, -0.25) is 9.59 Å². The molecular weight excluding hydrogens is 598 g/mol. The minimum absolute atomic E-state index is 0.00146. The molecule has 2 aromatic carbocycles. The lowest BCUT2D eigenvalue weighted by atomic mass is 9.78. The van der Waals surface area contributed by atoms with Gasteiger partial charge < -0.3 is 24.4 Å². The fraction of sp³-hybridized carbons (Fsp3) is 0.545. The highest BCUT2D eigenvalue weighted by atomic mass is 32.2. The second kappa shape index (κ2) is 14.2. The fourth-order valence-electron chi connectivity index (χ4n) is 7.16. The van der Waals surface area contributed by atoms with E-state index in [0.717, 1.165) is 24.0 Å². The van der Waals surface area contributed by atoms with Gasteiger partial charge in [0, 0.05) is 45.1 Å². The summed E-state index contributed by atoms with van der Waals surface area (Å²) in [6.45, 7) is 1.46. The minimum atomic E-state index is -4.01. The van der Waals surface area contributed by atoms with Gasteiger partial charge in [-0.15, -0.1) is 0 Å². The smallest absolute Gasteiger partial charge is 0.339 e. The number of nitrogens with one attached hydrogen (secondary N) is 1. The van der Waals surface area contributed by atoms with Crippen molar-refractivity contribution < 1.29 is 37.0 Å². The van der Waals surface area contributed by atoms with Crippen LogP contribution in [0.25, 0.3) is 0 Å². The van der Waals surface area contributed by atoms with Crippen LogP contribution < -0.4 is 14.8 Å². The summed E-state index contributed by atoms with van der Waals surface area (Å²) in [4.78, 5) is 40.8. The summed E-state index contributed by atoms with van der Waals surface area (Å²) in [5, 5.41) is 3.01. The van der Waals surface area contributed by atoms with Gasteiger partial charge in [-0.05, 0) is 79.7 Å². The number of ether oxygens (including phenoxy) is 3. The van der Waals surface area contributed by atoms with Crippen molar-refractivity contribution in [3.8, 4) is 11.5 Å². The molecule has 3 heterocycles. The molecule has 5 rings (SSSR count). The first-order valence-electron chi connectivity index (χ1n) is 15.6. The number of amides is 2. The molecule has 3 aliphatic heterocycles. The van der Waals surface area contributed by atoms with Gasteiger partial charge in [0.15, 0.2) is 11.5 Å². The quantitative estimate of drug-likeness (QED) is 0.493. The number of piperidine rings is 2. The van der Waals surface area contributed by atoms with Crippen molar-refractivity contribution in [3.63, 3.8) is 0 Å². The van der Waals surface area contributed by atoms with Crippen LogP contribution in [-0.4, -0.2) is 89.0 Å². The summed E-state index contributed by atoms with van der Waals surface area (Å²) in [5.41, 5.74) is 1.95. The van der Waals surface area contributed by atoms with E-state index >= 15 is 0 Å². The molecule has 1 N–H and O–H groups in total. The predicted octanol–water partition coefficient (Wildman–Crippen LogP) is 3.19. The van der Waals surface area contributed by atoms with Crippen LogP contribution in [0.4, 0.5) is 0 Å². The largest absolute Gasteiger partial charge is 0.493 e. The zero-order valence-electron chi connectivity index (χ0n) is 26.3. The lowest BCUT2D eigenvalue weighted by molar-refractivity contribution is -0.140. The third-order valence-electron chi connectivity index (χ3n) is 9.26. The molecule has 244 valence electrons. The Morgan fingerprint density at radius 2 is 1.73 bits per heavy atom. The van der Waals surface area contributed by atoms with E-state index in [9.17, 15) is 22.8 Å². The Bertz CT molecular complexity index is 1530. The average molecular weight is 642 g/mol. The van der Waals surface area contributed by atoms with Crippen molar-refractivity contribution in [1.82, 2.24) is 14.5 Å². The fourth-order valence-corrected chi connectivity index (χ4v) is 8.92. The van der Waals surface area contributed by atoms with Crippen molar-refractivity contribution in [1.29, 1.82) is 0 Å². The Morgan fingerprint density at radius 1 is 0.933 bits per heavy atom.